The largest absolute Gasteiger partial charge is 0.484 e. The fraction of sp³-hybridized carbons (Fsp3) is 0.476. The zero-order chi connectivity index (χ0) is 20.1. The van der Waals surface area contributed by atoms with E-state index < -0.39 is 0 Å². The first-order valence-corrected chi connectivity index (χ1v) is 9.85. The van der Waals surface area contributed by atoms with Crippen LogP contribution in [-0.2, 0) is 9.53 Å². The number of aromatic nitrogens is 2. The van der Waals surface area contributed by atoms with Gasteiger partial charge in [0, 0.05) is 38.3 Å². The standard InChI is InChI=1S/C21H24FN3O4/c22-16-1-3-17(4-2-16)27-15-20(26)25-10-6-21(7-11-25)13-18(5-12-28-21)29-19-14-23-8-9-24-19/h1-4,8-9,14,18H,5-7,10-13,15H2. The van der Waals surface area contributed by atoms with E-state index in [0.29, 0.717) is 31.3 Å². The maximum atomic E-state index is 12.9. The smallest absolute Gasteiger partial charge is 0.260 e. The second-order valence-electron chi connectivity index (χ2n) is 7.43. The molecule has 154 valence electrons. The molecule has 0 N–H and O–H groups in total. The zero-order valence-corrected chi connectivity index (χ0v) is 16.1. The van der Waals surface area contributed by atoms with Gasteiger partial charge in [0.1, 0.15) is 17.7 Å². The van der Waals surface area contributed by atoms with E-state index in [2.05, 4.69) is 9.97 Å². The van der Waals surface area contributed by atoms with Crippen LogP contribution in [0.25, 0.3) is 0 Å². The summed E-state index contributed by atoms with van der Waals surface area (Å²) in [6.45, 7) is 1.80. The highest BCUT2D eigenvalue weighted by atomic mass is 19.1. The lowest BCUT2D eigenvalue weighted by atomic mass is 9.83. The highest BCUT2D eigenvalue weighted by Gasteiger charge is 2.42. The number of piperidine rings is 1. The lowest BCUT2D eigenvalue weighted by molar-refractivity contribution is -0.153. The van der Waals surface area contributed by atoms with Crippen LogP contribution >= 0.6 is 0 Å². The van der Waals surface area contributed by atoms with Crippen molar-refractivity contribution in [2.75, 3.05) is 26.3 Å². The number of benzene rings is 1. The molecule has 2 aromatic rings. The van der Waals surface area contributed by atoms with Crippen molar-refractivity contribution >= 4 is 5.91 Å². The van der Waals surface area contributed by atoms with Crippen LogP contribution < -0.4 is 9.47 Å². The second-order valence-corrected chi connectivity index (χ2v) is 7.43. The summed E-state index contributed by atoms with van der Waals surface area (Å²) in [6.07, 6.45) is 7.98. The molecule has 1 unspecified atom stereocenters. The highest BCUT2D eigenvalue weighted by molar-refractivity contribution is 5.77. The molecule has 2 fully saturated rings. The van der Waals surface area contributed by atoms with Gasteiger partial charge >= 0.3 is 0 Å². The van der Waals surface area contributed by atoms with Crippen molar-refractivity contribution in [3.05, 3.63) is 48.7 Å². The van der Waals surface area contributed by atoms with Gasteiger partial charge < -0.3 is 19.1 Å². The van der Waals surface area contributed by atoms with E-state index in [0.717, 1.165) is 25.7 Å². The van der Waals surface area contributed by atoms with Crippen molar-refractivity contribution in [2.45, 2.75) is 37.4 Å². The fourth-order valence-electron chi connectivity index (χ4n) is 3.88. The van der Waals surface area contributed by atoms with Crippen LogP contribution in [0.1, 0.15) is 25.7 Å². The van der Waals surface area contributed by atoms with Crippen molar-refractivity contribution in [1.82, 2.24) is 14.9 Å². The molecule has 2 aliphatic heterocycles. The third-order valence-corrected chi connectivity index (χ3v) is 5.48. The fourth-order valence-corrected chi connectivity index (χ4v) is 3.88. The summed E-state index contributed by atoms with van der Waals surface area (Å²) in [5, 5.41) is 0. The highest BCUT2D eigenvalue weighted by Crippen LogP contribution is 2.36. The van der Waals surface area contributed by atoms with Gasteiger partial charge in [0.25, 0.3) is 5.91 Å². The van der Waals surface area contributed by atoms with E-state index in [9.17, 15) is 9.18 Å². The first kappa shape index (κ1) is 19.6. The van der Waals surface area contributed by atoms with Crippen LogP contribution in [0.3, 0.4) is 0 Å². The molecule has 3 heterocycles. The Kier molecular flexibility index (Phi) is 5.89. The Hall–Kier alpha value is -2.74. The Morgan fingerprint density at radius 2 is 2.03 bits per heavy atom. The quantitative estimate of drug-likeness (QED) is 0.767. The maximum absolute atomic E-state index is 12.9. The Morgan fingerprint density at radius 1 is 1.24 bits per heavy atom. The molecule has 0 radical (unpaired) electrons. The number of carbonyl (C=O) groups excluding carboxylic acids is 1. The van der Waals surface area contributed by atoms with Crippen LogP contribution in [0.2, 0.25) is 0 Å². The summed E-state index contributed by atoms with van der Waals surface area (Å²) in [5.41, 5.74) is -0.264. The van der Waals surface area contributed by atoms with E-state index >= 15 is 0 Å². The Balaban J connectivity index is 1.26. The van der Waals surface area contributed by atoms with Gasteiger partial charge in [-0.3, -0.25) is 9.78 Å². The second kappa shape index (κ2) is 8.73. The van der Waals surface area contributed by atoms with Gasteiger partial charge in [-0.1, -0.05) is 0 Å². The van der Waals surface area contributed by atoms with Crippen molar-refractivity contribution in [3.8, 4) is 11.6 Å². The van der Waals surface area contributed by atoms with E-state index in [1.807, 2.05) is 0 Å². The average molecular weight is 401 g/mol. The first-order chi connectivity index (χ1) is 14.1. The number of likely N-dealkylation sites (tertiary alicyclic amines) is 1. The third-order valence-electron chi connectivity index (χ3n) is 5.48. The number of ether oxygens (including phenoxy) is 3. The number of amides is 1. The van der Waals surface area contributed by atoms with Gasteiger partial charge in [-0.15, -0.1) is 0 Å². The van der Waals surface area contributed by atoms with Crippen molar-refractivity contribution < 1.29 is 23.4 Å². The number of rotatable bonds is 5. The third kappa shape index (κ3) is 5.00. The molecule has 1 atom stereocenters. The number of carbonyl (C=O) groups is 1. The predicted octanol–water partition coefficient (Wildman–Crippen LogP) is 2.61. The SMILES string of the molecule is O=C(COc1ccc(F)cc1)N1CCC2(CC1)CC(Oc1cnccn1)CCO2. The van der Waals surface area contributed by atoms with Crippen molar-refractivity contribution in [1.29, 1.82) is 0 Å². The summed E-state index contributed by atoms with van der Waals surface area (Å²) in [7, 11) is 0. The minimum atomic E-state index is -0.334. The molecule has 0 saturated carbocycles. The molecular formula is C21H24FN3O4. The average Bonchev–Trinajstić information content (AvgIpc) is 2.74. The normalized spacial score (nSPS) is 21.0. The lowest BCUT2D eigenvalue weighted by Gasteiger charge is -2.45. The van der Waals surface area contributed by atoms with Gasteiger partial charge in [0.15, 0.2) is 6.61 Å². The lowest BCUT2D eigenvalue weighted by Crippen LogP contribution is -2.53. The molecule has 2 aliphatic rings. The Labute approximate surface area is 168 Å². The summed E-state index contributed by atoms with van der Waals surface area (Å²) in [5.74, 6) is 0.597. The number of halogens is 1. The van der Waals surface area contributed by atoms with Crippen LogP contribution in [0.15, 0.2) is 42.9 Å². The molecule has 1 spiro atoms. The summed E-state index contributed by atoms with van der Waals surface area (Å²) in [6, 6.07) is 5.65. The molecule has 2 saturated heterocycles. The van der Waals surface area contributed by atoms with Crippen LogP contribution in [0.4, 0.5) is 4.39 Å². The van der Waals surface area contributed by atoms with Gasteiger partial charge in [-0.05, 0) is 37.1 Å². The minimum Gasteiger partial charge on any atom is -0.484 e. The van der Waals surface area contributed by atoms with Gasteiger partial charge in [0.05, 0.1) is 18.4 Å². The molecule has 4 rings (SSSR count). The van der Waals surface area contributed by atoms with Gasteiger partial charge in [-0.2, -0.15) is 0 Å². The van der Waals surface area contributed by atoms with Crippen LogP contribution in [0.5, 0.6) is 11.6 Å². The van der Waals surface area contributed by atoms with E-state index in [1.54, 1.807) is 23.5 Å². The van der Waals surface area contributed by atoms with Crippen LogP contribution in [-0.4, -0.2) is 58.8 Å². The molecular weight excluding hydrogens is 377 g/mol. The number of nitrogens with zero attached hydrogens (tertiary/aromatic N) is 3. The Morgan fingerprint density at radius 3 is 2.76 bits per heavy atom. The van der Waals surface area contributed by atoms with Crippen molar-refractivity contribution in [2.24, 2.45) is 0 Å². The molecule has 7 nitrogen and oxygen atoms in total. The molecule has 8 heteroatoms. The molecule has 29 heavy (non-hydrogen) atoms. The Bertz CT molecular complexity index is 810. The van der Waals surface area contributed by atoms with E-state index in [-0.39, 0.29) is 30.0 Å². The molecule has 0 aliphatic carbocycles. The van der Waals surface area contributed by atoms with Crippen LogP contribution in [0, 0.1) is 5.82 Å². The maximum Gasteiger partial charge on any atom is 0.260 e. The molecule has 0 bridgehead atoms. The van der Waals surface area contributed by atoms with Gasteiger partial charge in [0.2, 0.25) is 5.88 Å². The molecule has 1 amide bonds. The van der Waals surface area contributed by atoms with Gasteiger partial charge in [-0.25, -0.2) is 9.37 Å². The topological polar surface area (TPSA) is 73.8 Å². The summed E-state index contributed by atoms with van der Waals surface area (Å²) >= 11 is 0. The molecule has 1 aromatic heterocycles. The van der Waals surface area contributed by atoms with Crippen molar-refractivity contribution in [3.63, 3.8) is 0 Å². The first-order valence-electron chi connectivity index (χ1n) is 9.85. The number of hydrogen-bond donors (Lipinski definition) is 0. The monoisotopic (exact) mass is 401 g/mol. The van der Waals surface area contributed by atoms with E-state index in [4.69, 9.17) is 14.2 Å². The number of hydrogen-bond acceptors (Lipinski definition) is 6. The predicted molar refractivity (Wildman–Crippen MR) is 102 cm³/mol. The summed E-state index contributed by atoms with van der Waals surface area (Å²) < 4.78 is 30.5. The van der Waals surface area contributed by atoms with E-state index in [1.165, 1.54) is 24.3 Å². The minimum absolute atomic E-state index is 0.0320. The molecule has 1 aromatic carbocycles. The summed E-state index contributed by atoms with van der Waals surface area (Å²) in [4.78, 5) is 22.5. The zero-order valence-electron chi connectivity index (χ0n) is 16.1.